The van der Waals surface area contributed by atoms with Crippen molar-refractivity contribution in [3.8, 4) is 0 Å². The van der Waals surface area contributed by atoms with Crippen molar-refractivity contribution in [3.63, 3.8) is 0 Å². The molecule has 0 aliphatic heterocycles. The molecule has 108 valence electrons. The number of nitrogens with zero attached hydrogens (tertiary/aromatic N) is 1. The van der Waals surface area contributed by atoms with Crippen LogP contribution >= 0.6 is 0 Å². The lowest BCUT2D eigenvalue weighted by Crippen LogP contribution is -2.40. The number of amides is 1. The van der Waals surface area contributed by atoms with Crippen molar-refractivity contribution >= 4 is 17.7 Å². The molecule has 1 rings (SSSR count). The third-order valence-electron chi connectivity index (χ3n) is 2.86. The first-order valence-corrected chi connectivity index (χ1v) is 6.28. The minimum absolute atomic E-state index is 0.00625. The quantitative estimate of drug-likeness (QED) is 0.471. The first-order valence-electron chi connectivity index (χ1n) is 6.28. The molecule has 1 amide bonds. The Labute approximate surface area is 117 Å². The van der Waals surface area contributed by atoms with Crippen molar-refractivity contribution in [2.75, 3.05) is 6.61 Å². The van der Waals surface area contributed by atoms with Gasteiger partial charge in [0.15, 0.2) is 0 Å². The van der Waals surface area contributed by atoms with Crippen LogP contribution in [-0.2, 0) is 4.79 Å². The van der Waals surface area contributed by atoms with Crippen molar-refractivity contribution in [3.05, 3.63) is 46.0 Å². The fraction of sp³-hybridized carbons (Fsp3) is 0.357. The summed E-state index contributed by atoms with van der Waals surface area (Å²) in [7, 11) is 0. The van der Waals surface area contributed by atoms with Crippen LogP contribution in [0, 0.1) is 16.0 Å². The Balaban J connectivity index is 2.63. The van der Waals surface area contributed by atoms with E-state index in [0.717, 1.165) is 0 Å². The van der Waals surface area contributed by atoms with Crippen LogP contribution < -0.4 is 5.32 Å². The molecule has 6 heteroatoms. The molecule has 0 spiro atoms. The number of benzene rings is 1. The molecule has 0 aliphatic rings. The number of nitro groups is 1. The second kappa shape index (κ2) is 7.40. The number of nitrogens with one attached hydrogen (secondary N) is 1. The van der Waals surface area contributed by atoms with E-state index in [9.17, 15) is 14.9 Å². The maximum absolute atomic E-state index is 11.6. The van der Waals surface area contributed by atoms with Crippen molar-refractivity contribution < 1.29 is 14.8 Å². The van der Waals surface area contributed by atoms with Gasteiger partial charge in [-0.1, -0.05) is 13.8 Å². The molecular formula is C14H18N2O4. The number of aliphatic hydroxyl groups excluding tert-OH is 1. The van der Waals surface area contributed by atoms with Crippen LogP contribution in [0.2, 0.25) is 0 Å². The molecule has 20 heavy (non-hydrogen) atoms. The number of non-ortho nitro benzene ring substituents is 1. The Bertz CT molecular complexity index is 494. The lowest BCUT2D eigenvalue weighted by molar-refractivity contribution is -0.384. The van der Waals surface area contributed by atoms with Gasteiger partial charge in [-0.2, -0.15) is 0 Å². The lowest BCUT2D eigenvalue weighted by atomic mass is 10.1. The van der Waals surface area contributed by atoms with Gasteiger partial charge in [0.2, 0.25) is 5.91 Å². The maximum atomic E-state index is 11.6. The number of hydrogen-bond acceptors (Lipinski definition) is 4. The van der Waals surface area contributed by atoms with E-state index in [1.54, 1.807) is 18.2 Å². The van der Waals surface area contributed by atoms with Gasteiger partial charge < -0.3 is 10.4 Å². The number of hydrogen-bond donors (Lipinski definition) is 2. The molecule has 1 atom stereocenters. The number of carbonyl (C=O) groups is 1. The Morgan fingerprint density at radius 3 is 2.45 bits per heavy atom. The first-order chi connectivity index (χ1) is 9.43. The summed E-state index contributed by atoms with van der Waals surface area (Å²) in [4.78, 5) is 21.7. The molecule has 0 unspecified atom stereocenters. The van der Waals surface area contributed by atoms with E-state index in [1.807, 2.05) is 13.8 Å². The predicted molar refractivity (Wildman–Crippen MR) is 76.0 cm³/mol. The van der Waals surface area contributed by atoms with E-state index in [1.165, 1.54) is 18.2 Å². The van der Waals surface area contributed by atoms with Crippen LogP contribution in [0.4, 0.5) is 5.69 Å². The second-order valence-corrected chi connectivity index (χ2v) is 4.72. The summed E-state index contributed by atoms with van der Waals surface area (Å²) >= 11 is 0. The predicted octanol–water partition coefficient (Wildman–Crippen LogP) is 1.74. The molecule has 2 N–H and O–H groups in total. The highest BCUT2D eigenvalue weighted by atomic mass is 16.6. The maximum Gasteiger partial charge on any atom is 0.269 e. The van der Waals surface area contributed by atoms with E-state index >= 15 is 0 Å². The minimum atomic E-state index is -0.477. The van der Waals surface area contributed by atoms with Gasteiger partial charge in [-0.25, -0.2) is 0 Å². The molecule has 0 heterocycles. The molecule has 1 aromatic carbocycles. The fourth-order valence-corrected chi connectivity index (χ4v) is 1.53. The smallest absolute Gasteiger partial charge is 0.269 e. The van der Waals surface area contributed by atoms with E-state index < -0.39 is 4.92 Å². The highest BCUT2D eigenvalue weighted by molar-refractivity contribution is 5.91. The zero-order valence-electron chi connectivity index (χ0n) is 11.4. The topological polar surface area (TPSA) is 92.5 Å². The van der Waals surface area contributed by atoms with Crippen LogP contribution in [0.1, 0.15) is 19.4 Å². The average molecular weight is 278 g/mol. The highest BCUT2D eigenvalue weighted by Gasteiger charge is 2.13. The zero-order valence-corrected chi connectivity index (χ0v) is 11.4. The van der Waals surface area contributed by atoms with Crippen LogP contribution in [0.25, 0.3) is 6.08 Å². The summed E-state index contributed by atoms with van der Waals surface area (Å²) in [6, 6.07) is 5.59. The third kappa shape index (κ3) is 4.81. The highest BCUT2D eigenvalue weighted by Crippen LogP contribution is 2.12. The summed E-state index contributed by atoms with van der Waals surface area (Å²) in [5.74, 6) is -0.173. The van der Waals surface area contributed by atoms with E-state index in [4.69, 9.17) is 5.11 Å². The SMILES string of the molecule is CC(C)[C@@H](CO)NC(=O)C=Cc1ccc([N+](=O)[O-])cc1. The third-order valence-corrected chi connectivity index (χ3v) is 2.86. The molecule has 0 radical (unpaired) electrons. The molecule has 1 aromatic rings. The Morgan fingerprint density at radius 2 is 2.00 bits per heavy atom. The van der Waals surface area contributed by atoms with E-state index in [-0.39, 0.29) is 30.2 Å². The molecule has 0 saturated heterocycles. The molecule has 0 bridgehead atoms. The van der Waals surface area contributed by atoms with E-state index in [2.05, 4.69) is 5.32 Å². The second-order valence-electron chi connectivity index (χ2n) is 4.72. The molecule has 0 aromatic heterocycles. The van der Waals surface area contributed by atoms with Crippen LogP contribution in [-0.4, -0.2) is 28.6 Å². The summed E-state index contributed by atoms with van der Waals surface area (Å²) in [6.07, 6.45) is 2.90. The van der Waals surface area contributed by atoms with Gasteiger partial charge in [0.05, 0.1) is 17.6 Å². The average Bonchev–Trinajstić information content (AvgIpc) is 2.42. The largest absolute Gasteiger partial charge is 0.394 e. The van der Waals surface area contributed by atoms with Gasteiger partial charge in [0.1, 0.15) is 0 Å². The van der Waals surface area contributed by atoms with Crippen molar-refractivity contribution in [2.24, 2.45) is 5.92 Å². The van der Waals surface area contributed by atoms with Gasteiger partial charge in [0.25, 0.3) is 5.69 Å². The van der Waals surface area contributed by atoms with Crippen LogP contribution in [0.3, 0.4) is 0 Å². The fourth-order valence-electron chi connectivity index (χ4n) is 1.53. The van der Waals surface area contributed by atoms with Crippen molar-refractivity contribution in [2.45, 2.75) is 19.9 Å². The summed E-state index contributed by atoms with van der Waals surface area (Å²) < 4.78 is 0. The zero-order chi connectivity index (χ0) is 15.1. The molecule has 0 aliphatic carbocycles. The van der Waals surface area contributed by atoms with Gasteiger partial charge in [-0.15, -0.1) is 0 Å². The first kappa shape index (κ1) is 15.8. The Morgan fingerprint density at radius 1 is 1.40 bits per heavy atom. The lowest BCUT2D eigenvalue weighted by Gasteiger charge is -2.18. The van der Waals surface area contributed by atoms with Gasteiger partial charge >= 0.3 is 0 Å². The number of nitro benzene ring substituents is 1. The Hall–Kier alpha value is -2.21. The summed E-state index contributed by atoms with van der Waals surface area (Å²) in [5, 5.41) is 22.3. The van der Waals surface area contributed by atoms with Gasteiger partial charge in [-0.05, 0) is 29.7 Å². The van der Waals surface area contributed by atoms with Crippen molar-refractivity contribution in [1.29, 1.82) is 0 Å². The molecule has 6 nitrogen and oxygen atoms in total. The van der Waals surface area contributed by atoms with Crippen LogP contribution in [0.15, 0.2) is 30.3 Å². The standard InChI is InChI=1S/C14H18N2O4/c1-10(2)13(9-17)15-14(18)8-5-11-3-6-12(7-4-11)16(19)20/h3-8,10,13,17H,9H2,1-2H3,(H,15,18)/t13-/m1/s1. The van der Waals surface area contributed by atoms with Gasteiger partial charge in [-0.3, -0.25) is 14.9 Å². The molecule has 0 saturated carbocycles. The number of aliphatic hydroxyl groups is 1. The number of rotatable bonds is 6. The Kier molecular flexibility index (Phi) is 5.86. The molecular weight excluding hydrogens is 260 g/mol. The number of carbonyl (C=O) groups excluding carboxylic acids is 1. The normalized spacial score (nSPS) is 12.6. The minimum Gasteiger partial charge on any atom is -0.394 e. The summed E-state index contributed by atoms with van der Waals surface area (Å²) in [6.45, 7) is 3.69. The van der Waals surface area contributed by atoms with Crippen molar-refractivity contribution in [1.82, 2.24) is 5.32 Å². The van der Waals surface area contributed by atoms with Gasteiger partial charge in [0, 0.05) is 18.2 Å². The monoisotopic (exact) mass is 278 g/mol. The van der Waals surface area contributed by atoms with E-state index in [0.29, 0.717) is 5.56 Å². The molecule has 0 fully saturated rings. The van der Waals surface area contributed by atoms with Crippen LogP contribution in [0.5, 0.6) is 0 Å². The summed E-state index contributed by atoms with van der Waals surface area (Å²) in [5.41, 5.74) is 0.697.